The van der Waals surface area contributed by atoms with Gasteiger partial charge < -0.3 is 69.8 Å². The van der Waals surface area contributed by atoms with Crippen LogP contribution in [0.1, 0.15) is 152 Å². The molecule has 27 nitrogen and oxygen atoms in total. The molecule has 0 aliphatic rings. The first-order valence-electron chi connectivity index (χ1n) is 40.2. The lowest BCUT2D eigenvalue weighted by Crippen LogP contribution is -2.18. The number of benzene rings is 8. The molecule has 646 valence electrons. The van der Waals surface area contributed by atoms with Gasteiger partial charge >= 0.3 is 64.3 Å². The maximum absolute atomic E-state index is 12.1. The van der Waals surface area contributed by atoms with Crippen molar-refractivity contribution in [3.63, 3.8) is 0 Å². The average molecular weight is 1690 g/mol. The van der Waals surface area contributed by atoms with Gasteiger partial charge in [-0.3, -0.25) is 14.4 Å². The van der Waals surface area contributed by atoms with Crippen LogP contribution in [-0.2, 0) is 47.8 Å². The van der Waals surface area contributed by atoms with Gasteiger partial charge in [0.1, 0.15) is 80.0 Å². The Hall–Kier alpha value is -14.4. The van der Waals surface area contributed by atoms with Gasteiger partial charge in [-0.25, -0.2) is 38.4 Å². The Kier molecular flexibility index (Phi) is 35.0. The highest BCUT2D eigenvalue weighted by molar-refractivity contribution is 5.83. The number of rotatable bonds is 33. The summed E-state index contributed by atoms with van der Waals surface area (Å²) in [4.78, 5) is 129. The van der Waals surface area contributed by atoms with Gasteiger partial charge in [0.25, 0.3) is 0 Å². The monoisotopic (exact) mass is 1690 g/mol. The summed E-state index contributed by atoms with van der Waals surface area (Å²) in [5, 5.41) is 11.5. The molecule has 124 heavy (non-hydrogen) atoms. The van der Waals surface area contributed by atoms with E-state index < -0.39 is 46.4 Å². The van der Waals surface area contributed by atoms with Gasteiger partial charge in [0.05, 0.1) is 39.1 Å². The summed E-state index contributed by atoms with van der Waals surface area (Å²) in [5.74, 6) is 1.17. The Balaban J connectivity index is 0.000000188. The maximum Gasteiger partial charge on any atom is 0.354 e. The topological polar surface area (TPSA) is 366 Å². The number of hydrogen-bond donors (Lipinski definition) is 0. The van der Waals surface area contributed by atoms with Crippen molar-refractivity contribution in [2.45, 2.75) is 124 Å². The van der Waals surface area contributed by atoms with Crippen LogP contribution in [0.4, 0.5) is 0 Å². The summed E-state index contributed by atoms with van der Waals surface area (Å²) in [6.45, 7) is 15.2. The zero-order valence-electron chi connectivity index (χ0n) is 70.6. The molecule has 0 aliphatic heterocycles. The minimum atomic E-state index is -0.715. The molecule has 12 rings (SSSR count). The van der Waals surface area contributed by atoms with Crippen molar-refractivity contribution in [2.75, 3.05) is 47.8 Å². The van der Waals surface area contributed by atoms with Gasteiger partial charge in [-0.05, 0) is 230 Å². The number of esters is 7. The molecule has 7 unspecified atom stereocenters. The molecule has 4 aromatic heterocycles. The fraction of sp³-hybridized carbons (Fsp3) is 0.299. The summed E-state index contributed by atoms with van der Waals surface area (Å²) < 4.78 is 78.0. The molecule has 0 saturated heterocycles. The van der Waals surface area contributed by atoms with Crippen molar-refractivity contribution < 1.29 is 103 Å². The molecule has 4 heterocycles. The van der Waals surface area contributed by atoms with Gasteiger partial charge in [0.2, 0.25) is 0 Å². The Morgan fingerprint density at radius 3 is 0.839 bits per heavy atom. The first-order chi connectivity index (χ1) is 59.7. The van der Waals surface area contributed by atoms with E-state index in [-0.39, 0.29) is 91.0 Å². The van der Waals surface area contributed by atoms with Crippen molar-refractivity contribution in [3.05, 3.63) is 282 Å². The normalized spacial score (nSPS) is 12.5. The van der Waals surface area contributed by atoms with Crippen LogP contribution in [0, 0.1) is 29.1 Å². The number of carbonyl (C=O) groups excluding carboxylic acids is 7. The van der Waals surface area contributed by atoms with E-state index in [1.54, 1.807) is 140 Å². The fourth-order valence-corrected chi connectivity index (χ4v) is 13.1. The molecule has 0 radical (unpaired) electrons. The van der Waals surface area contributed by atoms with E-state index in [1.807, 2.05) is 69.3 Å². The molecular formula is C97H97NO26. The number of fused-ring (bicyclic) bond motifs is 4. The van der Waals surface area contributed by atoms with Crippen LogP contribution in [0.5, 0.6) is 46.0 Å². The quantitative estimate of drug-likeness (QED) is 0.0159. The SMILES string of the molecule is CCC(C)c1ccc(OC(=O)COc2ccc3cc(C#N)c(=O)oc3c2)cc1.CCC(CC(C)c1ccc(OC(=O)COc2ccc3oc(=O)ccc3c2)cc1)C(=O)OC.CCC(CC(C)c1ccc(OC(=O)COc2ccc3oc(=O)ccc3c2)cc1)C(=O)OC.CCC(CC(C)c1ccc(OC(=O)COc2ccc3oc(=O)ccc3c2)cc1)C(=O)OC. The fourth-order valence-electron chi connectivity index (χ4n) is 13.1. The second-order valence-electron chi connectivity index (χ2n) is 29.1. The summed E-state index contributed by atoms with van der Waals surface area (Å²) in [5.41, 5.74) is 3.87. The second-order valence-corrected chi connectivity index (χ2v) is 29.1. The highest BCUT2D eigenvalue weighted by atomic mass is 16.6. The van der Waals surface area contributed by atoms with E-state index in [0.717, 1.165) is 42.4 Å². The molecule has 0 amide bonds. The van der Waals surface area contributed by atoms with Crippen molar-refractivity contribution in [1.82, 2.24) is 0 Å². The molecule has 8 aromatic carbocycles. The van der Waals surface area contributed by atoms with Gasteiger partial charge in [0, 0.05) is 45.8 Å². The largest absolute Gasteiger partial charge is 0.482 e. The minimum absolute atomic E-state index is 0.0657. The van der Waals surface area contributed by atoms with Crippen molar-refractivity contribution in [1.29, 1.82) is 5.26 Å². The minimum Gasteiger partial charge on any atom is -0.482 e. The van der Waals surface area contributed by atoms with Crippen LogP contribution in [0.25, 0.3) is 43.9 Å². The Labute approximate surface area is 714 Å². The third-order valence-electron chi connectivity index (χ3n) is 20.4. The van der Waals surface area contributed by atoms with Gasteiger partial charge in [-0.2, -0.15) is 5.26 Å². The number of carbonyl (C=O) groups is 7. The van der Waals surface area contributed by atoms with E-state index in [0.29, 0.717) is 109 Å². The van der Waals surface area contributed by atoms with Crippen LogP contribution in [0.3, 0.4) is 0 Å². The molecule has 27 heteroatoms. The number of nitrogens with zero attached hydrogens (tertiary/aromatic N) is 1. The zero-order valence-corrected chi connectivity index (χ0v) is 70.6. The van der Waals surface area contributed by atoms with Crippen molar-refractivity contribution >= 4 is 85.7 Å². The Bertz CT molecular complexity index is 5510. The van der Waals surface area contributed by atoms with Crippen LogP contribution in [0.2, 0.25) is 0 Å². The predicted octanol–water partition coefficient (Wildman–Crippen LogP) is 17.6. The Morgan fingerprint density at radius 2 is 0.565 bits per heavy atom. The average Bonchev–Trinajstić information content (AvgIpc) is 0.799. The molecule has 7 atom stereocenters. The molecule has 0 spiro atoms. The third-order valence-corrected chi connectivity index (χ3v) is 20.4. The lowest BCUT2D eigenvalue weighted by molar-refractivity contribution is -0.146. The lowest BCUT2D eigenvalue weighted by atomic mass is 9.89. The third kappa shape index (κ3) is 28.1. The van der Waals surface area contributed by atoms with E-state index in [1.165, 1.54) is 57.2 Å². The molecular weight excluding hydrogens is 1600 g/mol. The number of ether oxygens (including phenoxy) is 11. The maximum atomic E-state index is 12.1. The smallest absolute Gasteiger partial charge is 0.354 e. The number of hydrogen-bond acceptors (Lipinski definition) is 27. The molecule has 0 bridgehead atoms. The summed E-state index contributed by atoms with van der Waals surface area (Å²) in [7, 11) is 4.21. The van der Waals surface area contributed by atoms with E-state index in [9.17, 15) is 52.7 Å². The van der Waals surface area contributed by atoms with E-state index >= 15 is 0 Å². The van der Waals surface area contributed by atoms with E-state index in [2.05, 4.69) is 34.6 Å². The summed E-state index contributed by atoms with van der Waals surface area (Å²) in [6, 6.07) is 60.6. The van der Waals surface area contributed by atoms with Crippen molar-refractivity contribution in [3.8, 4) is 52.1 Å². The lowest BCUT2D eigenvalue weighted by Gasteiger charge is -2.18. The molecule has 0 fully saturated rings. The van der Waals surface area contributed by atoms with Gasteiger partial charge in [-0.15, -0.1) is 0 Å². The molecule has 12 aromatic rings. The molecule has 0 saturated carbocycles. The molecule has 0 N–H and O–H groups in total. The van der Waals surface area contributed by atoms with Crippen LogP contribution in [-0.4, -0.2) is 89.5 Å². The highest BCUT2D eigenvalue weighted by Gasteiger charge is 2.25. The predicted molar refractivity (Wildman–Crippen MR) is 460 cm³/mol. The standard InChI is InChI=1S/3C25H26O7.C22H19NO5/c3*1-4-17(25(28)29-3)13-16(2)18-5-8-20(9-6-18)31-24(27)15-30-21-10-11-22-19(14-21)7-12-23(26)32-22;1-3-14(2)15-4-7-18(8-5-15)27-21(24)13-26-19-9-6-16-10-17(12-23)22(25)28-20(16)11-19/h3*5-12,14,16-17H,4,13,15H2,1-3H3;4-11,14H,3,13H2,1-2H3. The van der Waals surface area contributed by atoms with Gasteiger partial charge in [-0.1, -0.05) is 104 Å². The highest BCUT2D eigenvalue weighted by Crippen LogP contribution is 2.33. The van der Waals surface area contributed by atoms with Crippen LogP contribution >= 0.6 is 0 Å². The van der Waals surface area contributed by atoms with Crippen LogP contribution in [0.15, 0.2) is 249 Å². The van der Waals surface area contributed by atoms with Crippen LogP contribution < -0.4 is 60.4 Å². The van der Waals surface area contributed by atoms with Crippen molar-refractivity contribution in [2.24, 2.45) is 17.8 Å². The summed E-state index contributed by atoms with van der Waals surface area (Å²) in [6.07, 6.45) is 5.26. The zero-order chi connectivity index (χ0) is 89.4. The first-order valence-corrected chi connectivity index (χ1v) is 40.2. The molecule has 0 aliphatic carbocycles. The number of nitriles is 1. The summed E-state index contributed by atoms with van der Waals surface area (Å²) >= 11 is 0. The first kappa shape index (κ1) is 93.4. The van der Waals surface area contributed by atoms with Gasteiger partial charge in [0.15, 0.2) is 26.4 Å². The second kappa shape index (κ2) is 46.4. The van der Waals surface area contributed by atoms with E-state index in [4.69, 9.17) is 75.0 Å². The Morgan fingerprint density at radius 1 is 0.306 bits per heavy atom. The number of methoxy groups -OCH3 is 3.